The van der Waals surface area contributed by atoms with Crippen LogP contribution in [0, 0.1) is 12.8 Å². The lowest BCUT2D eigenvalue weighted by molar-refractivity contribution is 0.0963. The second-order valence-corrected chi connectivity index (χ2v) is 5.93. The van der Waals surface area contributed by atoms with Crippen molar-refractivity contribution in [3.8, 4) is 0 Å². The molecule has 1 aromatic rings. The van der Waals surface area contributed by atoms with Crippen LogP contribution in [0.2, 0.25) is 0 Å². The maximum atomic E-state index is 12.0. The van der Waals surface area contributed by atoms with Gasteiger partial charge in [0.25, 0.3) is 0 Å². The van der Waals surface area contributed by atoms with E-state index >= 15 is 0 Å². The number of ketones is 1. The summed E-state index contributed by atoms with van der Waals surface area (Å²) in [6.45, 7) is 6.23. The number of Topliss-reactive ketones (excluding diaryl/α,β-unsaturated/α-hetero) is 1. The van der Waals surface area contributed by atoms with Gasteiger partial charge in [-0.3, -0.25) is 4.79 Å². The van der Waals surface area contributed by atoms with Gasteiger partial charge in [-0.15, -0.1) is 0 Å². The Hall–Kier alpha value is -0.150. The highest BCUT2D eigenvalue weighted by Crippen LogP contribution is 2.27. The van der Waals surface area contributed by atoms with Gasteiger partial charge >= 0.3 is 0 Å². The molecule has 1 unspecified atom stereocenters. The van der Waals surface area contributed by atoms with Crippen LogP contribution in [-0.2, 0) is 0 Å². The lowest BCUT2D eigenvalue weighted by Gasteiger charge is -2.10. The van der Waals surface area contributed by atoms with E-state index in [4.69, 9.17) is 0 Å². The summed E-state index contributed by atoms with van der Waals surface area (Å²) in [5.74, 6) is 0.654. The SMILES string of the molecule is CCC(C)CC(=O)c1cc(Br)c(C)cc1Br. The normalized spacial score (nSPS) is 12.6. The van der Waals surface area contributed by atoms with Crippen molar-refractivity contribution < 1.29 is 4.79 Å². The summed E-state index contributed by atoms with van der Waals surface area (Å²) in [5.41, 5.74) is 1.91. The molecule has 0 bridgehead atoms. The maximum Gasteiger partial charge on any atom is 0.164 e. The Balaban J connectivity index is 2.96. The summed E-state index contributed by atoms with van der Waals surface area (Å²) in [5, 5.41) is 0. The van der Waals surface area contributed by atoms with Gasteiger partial charge in [-0.05, 0) is 30.5 Å². The summed E-state index contributed by atoms with van der Waals surface area (Å²) >= 11 is 6.91. The van der Waals surface area contributed by atoms with Gasteiger partial charge < -0.3 is 0 Å². The first kappa shape index (κ1) is 13.9. The molecule has 3 heteroatoms. The third-order valence-electron chi connectivity index (χ3n) is 2.78. The summed E-state index contributed by atoms with van der Waals surface area (Å²) in [6, 6.07) is 3.89. The number of carbonyl (C=O) groups excluding carboxylic acids is 1. The van der Waals surface area contributed by atoms with Crippen LogP contribution < -0.4 is 0 Å². The summed E-state index contributed by atoms with van der Waals surface area (Å²) in [4.78, 5) is 12.0. The lowest BCUT2D eigenvalue weighted by Crippen LogP contribution is -2.06. The Morgan fingerprint density at radius 1 is 1.31 bits per heavy atom. The van der Waals surface area contributed by atoms with Crippen molar-refractivity contribution in [2.24, 2.45) is 5.92 Å². The van der Waals surface area contributed by atoms with Crippen LogP contribution >= 0.6 is 31.9 Å². The number of halogens is 2. The van der Waals surface area contributed by atoms with Crippen LogP contribution in [0.25, 0.3) is 0 Å². The van der Waals surface area contributed by atoms with Gasteiger partial charge in [-0.25, -0.2) is 0 Å². The Kier molecular flexibility index (Phi) is 5.19. The molecule has 0 spiro atoms. The maximum absolute atomic E-state index is 12.0. The fraction of sp³-hybridized carbons (Fsp3) is 0.462. The third-order valence-corrected chi connectivity index (χ3v) is 4.29. The molecular weight excluding hydrogens is 332 g/mol. The van der Waals surface area contributed by atoms with Gasteiger partial charge in [0.05, 0.1) is 0 Å². The zero-order valence-corrected chi connectivity index (χ0v) is 13.0. The molecule has 1 aromatic carbocycles. The first-order valence-corrected chi connectivity index (χ1v) is 7.03. The number of hydrogen-bond donors (Lipinski definition) is 0. The Morgan fingerprint density at radius 2 is 1.94 bits per heavy atom. The van der Waals surface area contributed by atoms with Crippen molar-refractivity contribution in [1.82, 2.24) is 0 Å². The predicted octanol–water partition coefficient (Wildman–Crippen LogP) is 5.14. The molecule has 88 valence electrons. The minimum absolute atomic E-state index is 0.210. The number of carbonyl (C=O) groups is 1. The number of benzene rings is 1. The van der Waals surface area contributed by atoms with Crippen molar-refractivity contribution in [3.63, 3.8) is 0 Å². The highest BCUT2D eigenvalue weighted by molar-refractivity contribution is 9.11. The van der Waals surface area contributed by atoms with E-state index < -0.39 is 0 Å². The van der Waals surface area contributed by atoms with Gasteiger partial charge in [-0.2, -0.15) is 0 Å². The fourth-order valence-corrected chi connectivity index (χ4v) is 2.45. The molecule has 0 heterocycles. The quantitative estimate of drug-likeness (QED) is 0.689. The van der Waals surface area contributed by atoms with Crippen LogP contribution in [0.15, 0.2) is 21.1 Å². The molecule has 1 atom stereocenters. The van der Waals surface area contributed by atoms with E-state index in [1.165, 1.54) is 0 Å². The van der Waals surface area contributed by atoms with Crippen LogP contribution in [0.5, 0.6) is 0 Å². The Bertz CT molecular complexity index is 399. The van der Waals surface area contributed by atoms with Gasteiger partial charge in [-0.1, -0.05) is 52.1 Å². The van der Waals surface area contributed by atoms with Crippen LogP contribution in [0.3, 0.4) is 0 Å². The molecular formula is C13H16Br2O. The van der Waals surface area contributed by atoms with Gasteiger partial charge in [0, 0.05) is 20.9 Å². The van der Waals surface area contributed by atoms with Crippen molar-refractivity contribution in [2.45, 2.75) is 33.6 Å². The average molecular weight is 348 g/mol. The molecule has 0 aliphatic carbocycles. The highest BCUT2D eigenvalue weighted by Gasteiger charge is 2.14. The number of aryl methyl sites for hydroxylation is 1. The van der Waals surface area contributed by atoms with E-state index in [0.717, 1.165) is 26.5 Å². The van der Waals surface area contributed by atoms with E-state index in [0.29, 0.717) is 12.3 Å². The first-order chi connectivity index (χ1) is 7.45. The smallest absolute Gasteiger partial charge is 0.164 e. The second-order valence-electron chi connectivity index (χ2n) is 4.22. The van der Waals surface area contributed by atoms with E-state index in [-0.39, 0.29) is 5.78 Å². The Morgan fingerprint density at radius 3 is 2.50 bits per heavy atom. The molecule has 0 fully saturated rings. The highest BCUT2D eigenvalue weighted by atomic mass is 79.9. The predicted molar refractivity (Wildman–Crippen MR) is 75.0 cm³/mol. The van der Waals surface area contributed by atoms with Gasteiger partial charge in [0.15, 0.2) is 5.78 Å². The minimum Gasteiger partial charge on any atom is -0.294 e. The average Bonchev–Trinajstić information content (AvgIpc) is 2.23. The first-order valence-electron chi connectivity index (χ1n) is 5.44. The molecule has 0 radical (unpaired) electrons. The number of hydrogen-bond acceptors (Lipinski definition) is 1. The zero-order valence-electron chi connectivity index (χ0n) is 9.81. The molecule has 16 heavy (non-hydrogen) atoms. The van der Waals surface area contributed by atoms with E-state index in [9.17, 15) is 4.79 Å². The van der Waals surface area contributed by atoms with E-state index in [1.54, 1.807) is 0 Å². The molecule has 1 rings (SSSR count). The standard InChI is InChI=1S/C13H16Br2O/c1-4-8(2)5-13(16)10-7-11(14)9(3)6-12(10)15/h6-8H,4-5H2,1-3H3. The van der Waals surface area contributed by atoms with Gasteiger partial charge in [0.1, 0.15) is 0 Å². The van der Waals surface area contributed by atoms with Crippen LogP contribution in [0.4, 0.5) is 0 Å². The van der Waals surface area contributed by atoms with Crippen molar-refractivity contribution in [2.75, 3.05) is 0 Å². The van der Waals surface area contributed by atoms with Crippen molar-refractivity contribution in [3.05, 3.63) is 32.2 Å². The largest absolute Gasteiger partial charge is 0.294 e. The molecule has 0 saturated heterocycles. The molecule has 0 aromatic heterocycles. The topological polar surface area (TPSA) is 17.1 Å². The molecule has 0 amide bonds. The van der Waals surface area contributed by atoms with E-state index in [1.807, 2.05) is 19.1 Å². The summed E-state index contributed by atoms with van der Waals surface area (Å²) in [7, 11) is 0. The number of rotatable bonds is 4. The van der Waals surface area contributed by atoms with Crippen LogP contribution in [0.1, 0.15) is 42.6 Å². The molecule has 1 nitrogen and oxygen atoms in total. The fourth-order valence-electron chi connectivity index (χ4n) is 1.43. The minimum atomic E-state index is 0.210. The Labute approximate surface area is 114 Å². The molecule has 0 aliphatic heterocycles. The lowest BCUT2D eigenvalue weighted by atomic mass is 9.97. The zero-order chi connectivity index (χ0) is 12.3. The van der Waals surface area contributed by atoms with E-state index in [2.05, 4.69) is 45.7 Å². The molecule has 0 saturated carbocycles. The summed E-state index contributed by atoms with van der Waals surface area (Å²) < 4.78 is 1.88. The third kappa shape index (κ3) is 3.42. The molecule has 0 aliphatic rings. The second kappa shape index (κ2) is 5.97. The summed E-state index contributed by atoms with van der Waals surface area (Å²) in [6.07, 6.45) is 1.65. The van der Waals surface area contributed by atoms with Crippen LogP contribution in [-0.4, -0.2) is 5.78 Å². The monoisotopic (exact) mass is 346 g/mol. The van der Waals surface area contributed by atoms with Crippen molar-refractivity contribution >= 4 is 37.6 Å². The van der Waals surface area contributed by atoms with Gasteiger partial charge in [0.2, 0.25) is 0 Å². The molecule has 0 N–H and O–H groups in total. The van der Waals surface area contributed by atoms with Crippen molar-refractivity contribution in [1.29, 1.82) is 0 Å².